The molecule has 0 aromatic carbocycles. The highest BCUT2D eigenvalue weighted by molar-refractivity contribution is 5.78. The second-order valence-corrected chi connectivity index (χ2v) is 4.77. The summed E-state index contributed by atoms with van der Waals surface area (Å²) in [5.41, 5.74) is 0. The van der Waals surface area contributed by atoms with Crippen LogP contribution in [0.5, 0.6) is 0 Å². The van der Waals surface area contributed by atoms with Crippen LogP contribution in [0.15, 0.2) is 0 Å². The molecule has 4 heteroatoms. The van der Waals surface area contributed by atoms with Gasteiger partial charge in [-0.25, -0.2) is 0 Å². The minimum Gasteiger partial charge on any atom is -0.342 e. The fourth-order valence-electron chi connectivity index (χ4n) is 2.48. The Labute approximate surface area is 96.8 Å². The summed E-state index contributed by atoms with van der Waals surface area (Å²) in [4.78, 5) is 16.0. The zero-order valence-electron chi connectivity index (χ0n) is 9.69. The molecule has 2 heterocycles. The van der Waals surface area contributed by atoms with Crippen molar-refractivity contribution in [3.05, 3.63) is 0 Å². The Morgan fingerprint density at radius 3 is 2.38 bits per heavy atom. The Bertz CT molecular complexity index is 283. The molecule has 4 nitrogen and oxygen atoms in total. The van der Waals surface area contributed by atoms with Gasteiger partial charge in [-0.3, -0.25) is 9.69 Å². The molecule has 0 radical (unpaired) electrons. The highest BCUT2D eigenvalue weighted by atomic mass is 16.2. The Hall–Kier alpha value is -1.08. The van der Waals surface area contributed by atoms with Crippen LogP contribution in [0.1, 0.15) is 25.7 Å². The van der Waals surface area contributed by atoms with Gasteiger partial charge in [0.15, 0.2) is 0 Å². The topological polar surface area (TPSA) is 47.3 Å². The standard InChI is InChI=1S/C12H19N3O/c13-9-11-3-7-14(8-4-11)10-12(16)15-5-1-2-6-15/h11H,1-8,10H2. The van der Waals surface area contributed by atoms with Gasteiger partial charge in [-0.15, -0.1) is 0 Å². The maximum absolute atomic E-state index is 11.9. The third-order valence-corrected chi connectivity index (χ3v) is 3.59. The molecule has 0 unspecified atom stereocenters. The van der Waals surface area contributed by atoms with Crippen LogP contribution in [0.3, 0.4) is 0 Å². The Morgan fingerprint density at radius 1 is 1.19 bits per heavy atom. The average Bonchev–Trinajstić information content (AvgIpc) is 2.83. The van der Waals surface area contributed by atoms with Gasteiger partial charge in [0.1, 0.15) is 0 Å². The van der Waals surface area contributed by atoms with E-state index in [-0.39, 0.29) is 11.8 Å². The van der Waals surface area contributed by atoms with Crippen molar-refractivity contribution in [1.82, 2.24) is 9.80 Å². The van der Waals surface area contributed by atoms with Crippen LogP contribution in [0, 0.1) is 17.2 Å². The lowest BCUT2D eigenvalue weighted by atomic mass is 9.99. The summed E-state index contributed by atoms with van der Waals surface area (Å²) in [5.74, 6) is 0.478. The Kier molecular flexibility index (Phi) is 3.79. The van der Waals surface area contributed by atoms with Crippen molar-refractivity contribution in [3.63, 3.8) is 0 Å². The second kappa shape index (κ2) is 5.31. The maximum atomic E-state index is 11.9. The van der Waals surface area contributed by atoms with Gasteiger partial charge in [-0.05, 0) is 38.8 Å². The first-order valence-electron chi connectivity index (χ1n) is 6.19. The number of carbonyl (C=O) groups is 1. The summed E-state index contributed by atoms with van der Waals surface area (Å²) in [5, 5.41) is 8.79. The average molecular weight is 221 g/mol. The van der Waals surface area contributed by atoms with Crippen LogP contribution in [-0.4, -0.2) is 48.4 Å². The molecule has 1 amide bonds. The summed E-state index contributed by atoms with van der Waals surface area (Å²) in [6, 6.07) is 2.31. The quantitative estimate of drug-likeness (QED) is 0.694. The van der Waals surface area contributed by atoms with E-state index in [1.807, 2.05) is 4.90 Å². The van der Waals surface area contributed by atoms with Gasteiger partial charge in [0.05, 0.1) is 12.6 Å². The number of nitrogens with zero attached hydrogens (tertiary/aromatic N) is 3. The van der Waals surface area contributed by atoms with Crippen LogP contribution in [0.4, 0.5) is 0 Å². The summed E-state index contributed by atoms with van der Waals surface area (Å²) in [6.45, 7) is 4.23. The summed E-state index contributed by atoms with van der Waals surface area (Å²) in [7, 11) is 0. The normalized spacial score (nSPS) is 23.3. The van der Waals surface area contributed by atoms with Crippen LogP contribution in [-0.2, 0) is 4.79 Å². The molecule has 0 atom stereocenters. The van der Waals surface area contributed by atoms with E-state index < -0.39 is 0 Å². The molecule has 2 rings (SSSR count). The number of amides is 1. The number of rotatable bonds is 2. The molecule has 2 saturated heterocycles. The molecule has 0 N–H and O–H groups in total. The molecule has 0 spiro atoms. The zero-order chi connectivity index (χ0) is 11.4. The van der Waals surface area contributed by atoms with Crippen molar-refractivity contribution in [2.24, 2.45) is 5.92 Å². The van der Waals surface area contributed by atoms with Crippen LogP contribution in [0.2, 0.25) is 0 Å². The van der Waals surface area contributed by atoms with Crippen molar-refractivity contribution in [2.45, 2.75) is 25.7 Å². The SMILES string of the molecule is N#CC1CCN(CC(=O)N2CCCC2)CC1. The number of likely N-dealkylation sites (tertiary alicyclic amines) is 2. The molecule has 2 aliphatic heterocycles. The van der Waals surface area contributed by atoms with Gasteiger partial charge in [0.2, 0.25) is 5.91 Å². The number of hydrogen-bond acceptors (Lipinski definition) is 3. The van der Waals surface area contributed by atoms with Gasteiger partial charge < -0.3 is 4.90 Å². The van der Waals surface area contributed by atoms with Gasteiger partial charge >= 0.3 is 0 Å². The molecule has 0 aromatic heterocycles. The molecule has 0 bridgehead atoms. The number of carbonyl (C=O) groups excluding carboxylic acids is 1. The Balaban J connectivity index is 1.74. The first-order chi connectivity index (χ1) is 7.79. The van der Waals surface area contributed by atoms with Gasteiger partial charge in [-0.1, -0.05) is 0 Å². The predicted octanol–water partition coefficient (Wildman–Crippen LogP) is 0.844. The molecule has 0 saturated carbocycles. The van der Waals surface area contributed by atoms with Gasteiger partial charge in [0, 0.05) is 19.0 Å². The monoisotopic (exact) mass is 221 g/mol. The van der Waals surface area contributed by atoms with E-state index in [1.54, 1.807) is 0 Å². The van der Waals surface area contributed by atoms with Crippen LogP contribution < -0.4 is 0 Å². The van der Waals surface area contributed by atoms with E-state index in [4.69, 9.17) is 5.26 Å². The van der Waals surface area contributed by atoms with E-state index in [0.29, 0.717) is 6.54 Å². The minimum absolute atomic E-state index is 0.207. The number of nitriles is 1. The van der Waals surface area contributed by atoms with Crippen molar-refractivity contribution < 1.29 is 4.79 Å². The van der Waals surface area contributed by atoms with E-state index in [1.165, 1.54) is 0 Å². The lowest BCUT2D eigenvalue weighted by Crippen LogP contribution is -2.42. The minimum atomic E-state index is 0.207. The lowest BCUT2D eigenvalue weighted by Gasteiger charge is -2.29. The highest BCUT2D eigenvalue weighted by Gasteiger charge is 2.23. The number of piperidine rings is 1. The first-order valence-corrected chi connectivity index (χ1v) is 6.19. The third kappa shape index (κ3) is 2.73. The smallest absolute Gasteiger partial charge is 0.236 e. The molecule has 16 heavy (non-hydrogen) atoms. The number of hydrogen-bond donors (Lipinski definition) is 0. The van der Waals surface area contributed by atoms with E-state index in [9.17, 15) is 4.79 Å². The fourth-order valence-corrected chi connectivity index (χ4v) is 2.48. The van der Waals surface area contributed by atoms with Crippen molar-refractivity contribution >= 4 is 5.91 Å². The third-order valence-electron chi connectivity index (χ3n) is 3.59. The van der Waals surface area contributed by atoms with Crippen LogP contribution in [0.25, 0.3) is 0 Å². The summed E-state index contributed by atoms with van der Waals surface area (Å²) in [6.07, 6.45) is 4.15. The molecular formula is C12H19N3O. The van der Waals surface area contributed by atoms with Crippen molar-refractivity contribution in [3.8, 4) is 6.07 Å². The van der Waals surface area contributed by atoms with E-state index in [2.05, 4.69) is 11.0 Å². The van der Waals surface area contributed by atoms with Crippen molar-refractivity contribution in [2.75, 3.05) is 32.7 Å². The molecule has 2 aliphatic rings. The maximum Gasteiger partial charge on any atom is 0.236 e. The summed E-state index contributed by atoms with van der Waals surface area (Å²) < 4.78 is 0. The summed E-state index contributed by atoms with van der Waals surface area (Å²) >= 11 is 0. The van der Waals surface area contributed by atoms with E-state index >= 15 is 0 Å². The second-order valence-electron chi connectivity index (χ2n) is 4.77. The molecule has 2 fully saturated rings. The predicted molar refractivity (Wildman–Crippen MR) is 60.6 cm³/mol. The highest BCUT2D eigenvalue weighted by Crippen LogP contribution is 2.16. The van der Waals surface area contributed by atoms with Crippen molar-refractivity contribution in [1.29, 1.82) is 5.26 Å². The van der Waals surface area contributed by atoms with E-state index in [0.717, 1.165) is 51.9 Å². The largest absolute Gasteiger partial charge is 0.342 e. The Morgan fingerprint density at radius 2 is 1.81 bits per heavy atom. The fraction of sp³-hybridized carbons (Fsp3) is 0.833. The van der Waals surface area contributed by atoms with Crippen LogP contribution >= 0.6 is 0 Å². The van der Waals surface area contributed by atoms with Gasteiger partial charge in [-0.2, -0.15) is 5.26 Å². The first kappa shape index (κ1) is 11.4. The molecular weight excluding hydrogens is 202 g/mol. The molecule has 88 valence electrons. The van der Waals surface area contributed by atoms with Gasteiger partial charge in [0.25, 0.3) is 0 Å². The lowest BCUT2D eigenvalue weighted by molar-refractivity contribution is -0.131. The molecule has 0 aliphatic carbocycles. The zero-order valence-corrected chi connectivity index (χ0v) is 9.69. The molecule has 0 aromatic rings.